The van der Waals surface area contributed by atoms with Gasteiger partial charge in [0, 0.05) is 5.66 Å². The summed E-state index contributed by atoms with van der Waals surface area (Å²) in [5, 5.41) is 0. The fourth-order valence-corrected chi connectivity index (χ4v) is 4.40. The number of rotatable bonds is 3. The first-order valence-corrected chi connectivity index (χ1v) is 9.07. The predicted octanol–water partition coefficient (Wildman–Crippen LogP) is 4.80. The normalized spacial score (nSPS) is 11.3. The fraction of sp³-hybridized carbons (Fsp3) is 0.0769. The molecule has 1 atom stereocenters. The Morgan fingerprint density at radius 3 is 1.47 bits per heavy atom. The molecule has 2 aromatic carbocycles. The molecule has 0 radical (unpaired) electrons. The highest BCUT2D eigenvalue weighted by molar-refractivity contribution is 14.2. The van der Waals surface area contributed by atoms with Gasteiger partial charge in [0.05, 0.1) is 0 Å². The predicted molar refractivity (Wildman–Crippen MR) is 77.1 cm³/mol. The van der Waals surface area contributed by atoms with Gasteiger partial charge < -0.3 is 0 Å². The van der Waals surface area contributed by atoms with Crippen LogP contribution >= 0.6 is 28.3 Å². The van der Waals surface area contributed by atoms with Crippen LogP contribution in [0.4, 0.5) is 0 Å². The van der Waals surface area contributed by atoms with Crippen molar-refractivity contribution in [2.24, 2.45) is 0 Å². The maximum absolute atomic E-state index is 2.48. The summed E-state index contributed by atoms with van der Waals surface area (Å²) in [4.78, 5) is 0. The minimum absolute atomic E-state index is 0.549. The summed E-state index contributed by atoms with van der Waals surface area (Å²) >= 11 is 2.48. The summed E-state index contributed by atoms with van der Waals surface area (Å²) in [5.41, 5.74) is 3.38. The Bertz CT molecular complexity index is 360. The van der Waals surface area contributed by atoms with Crippen molar-refractivity contribution in [2.75, 3.05) is 0 Å². The summed E-state index contributed by atoms with van der Waals surface area (Å²) in [5.74, 6) is 0. The van der Waals surface area contributed by atoms with E-state index in [1.165, 1.54) is 11.1 Å². The Kier molecular flexibility index (Phi) is 4.16. The quantitative estimate of drug-likeness (QED) is 0.561. The molecular weight excluding hydrogens is 314 g/mol. The average molecular weight is 326 g/mol. The molecule has 2 heteroatoms. The van der Waals surface area contributed by atoms with Crippen molar-refractivity contribution in [2.45, 2.75) is 5.66 Å². The molecule has 2 aromatic rings. The molecule has 0 saturated heterocycles. The molecule has 2 rings (SSSR count). The maximum atomic E-state index is 2.48. The number of hydrogen-bond donors (Lipinski definition) is 0. The van der Waals surface area contributed by atoms with E-state index in [-0.39, 0.29) is 0 Å². The van der Waals surface area contributed by atoms with Crippen molar-refractivity contribution in [3.63, 3.8) is 0 Å². The van der Waals surface area contributed by atoms with Crippen LogP contribution in [0.15, 0.2) is 60.7 Å². The molecule has 0 aromatic heterocycles. The fourth-order valence-electron chi connectivity index (χ4n) is 1.61. The topological polar surface area (TPSA) is 0 Å². The highest BCUT2D eigenvalue weighted by atomic mass is 127. The Morgan fingerprint density at radius 1 is 0.733 bits per heavy atom. The zero-order valence-electron chi connectivity index (χ0n) is 8.23. The Balaban J connectivity index is 2.34. The lowest BCUT2D eigenvalue weighted by atomic mass is 10.0. The van der Waals surface area contributed by atoms with E-state index < -0.39 is 0 Å². The van der Waals surface area contributed by atoms with Crippen molar-refractivity contribution in [1.29, 1.82) is 0 Å². The van der Waals surface area contributed by atoms with Gasteiger partial charge in [0.1, 0.15) is 0 Å². The molecule has 1 unspecified atom stereocenters. The third-order valence-corrected chi connectivity index (χ3v) is 5.13. The lowest BCUT2D eigenvalue weighted by Gasteiger charge is -2.14. The number of benzene rings is 2. The van der Waals surface area contributed by atoms with Gasteiger partial charge in [0.15, 0.2) is 0 Å². The van der Waals surface area contributed by atoms with Crippen LogP contribution in [0.25, 0.3) is 0 Å². The van der Waals surface area contributed by atoms with Crippen molar-refractivity contribution in [1.82, 2.24) is 0 Å². The Morgan fingerprint density at radius 2 is 1.13 bits per heavy atom. The average Bonchev–Trinajstić information content (AvgIpc) is 2.33. The standard InChI is InChI=1S/C13H12IP/c14-15-13(11-7-3-1-4-8-11)12-9-5-2-6-10-12/h1-10,13,15H. The zero-order valence-corrected chi connectivity index (χ0v) is 11.4. The van der Waals surface area contributed by atoms with E-state index in [4.69, 9.17) is 0 Å². The maximum Gasteiger partial charge on any atom is 0.0354 e. The molecule has 0 spiro atoms. The minimum Gasteiger partial charge on any atom is -0.0622 e. The second kappa shape index (κ2) is 5.62. The first-order chi connectivity index (χ1) is 7.42. The monoisotopic (exact) mass is 326 g/mol. The van der Waals surface area contributed by atoms with Gasteiger partial charge in [0.25, 0.3) is 0 Å². The van der Waals surface area contributed by atoms with Crippen LogP contribution in [0.2, 0.25) is 0 Å². The van der Waals surface area contributed by atoms with Crippen LogP contribution in [-0.4, -0.2) is 0 Å². The van der Waals surface area contributed by atoms with Gasteiger partial charge in [-0.15, -0.1) is 0 Å². The molecule has 0 saturated carbocycles. The van der Waals surface area contributed by atoms with Crippen LogP contribution < -0.4 is 0 Å². The second-order valence-corrected chi connectivity index (χ2v) is 6.03. The molecule has 0 fully saturated rings. The lowest BCUT2D eigenvalue weighted by molar-refractivity contribution is 1.16. The van der Waals surface area contributed by atoms with E-state index in [9.17, 15) is 0 Å². The largest absolute Gasteiger partial charge is 0.0622 e. The SMILES string of the molecule is IPC(c1ccccc1)c1ccccc1. The Hall–Kier alpha value is -0.400. The first-order valence-electron chi connectivity index (χ1n) is 4.88. The third kappa shape index (κ3) is 2.79. The first kappa shape index (κ1) is 11.1. The summed E-state index contributed by atoms with van der Waals surface area (Å²) < 4.78 is 0. The molecule has 15 heavy (non-hydrogen) atoms. The summed E-state index contributed by atoms with van der Waals surface area (Å²) in [6.45, 7) is 0. The molecule has 0 N–H and O–H groups in total. The molecule has 0 heterocycles. The highest BCUT2D eigenvalue weighted by Gasteiger charge is 2.11. The van der Waals surface area contributed by atoms with E-state index in [0.29, 0.717) is 5.66 Å². The van der Waals surface area contributed by atoms with E-state index in [2.05, 4.69) is 82.7 Å². The van der Waals surface area contributed by atoms with E-state index in [1.807, 2.05) is 0 Å². The van der Waals surface area contributed by atoms with Gasteiger partial charge in [-0.2, -0.15) is 0 Å². The molecule has 0 nitrogen and oxygen atoms in total. The molecule has 76 valence electrons. The van der Waals surface area contributed by atoms with Crippen LogP contribution in [0.5, 0.6) is 0 Å². The Labute approximate surface area is 105 Å². The van der Waals surface area contributed by atoms with Gasteiger partial charge in [0.2, 0.25) is 0 Å². The molecular formula is C13H12IP. The molecule has 0 aliphatic rings. The summed E-state index contributed by atoms with van der Waals surface area (Å²) in [7, 11) is 0. The van der Waals surface area contributed by atoms with E-state index >= 15 is 0 Å². The van der Waals surface area contributed by atoms with Crippen LogP contribution in [0.3, 0.4) is 0 Å². The van der Waals surface area contributed by atoms with Crippen molar-refractivity contribution in [3.05, 3.63) is 71.8 Å². The molecule has 0 aliphatic carbocycles. The van der Waals surface area contributed by atoms with Crippen molar-refractivity contribution in [3.8, 4) is 0 Å². The smallest absolute Gasteiger partial charge is 0.0354 e. The van der Waals surface area contributed by atoms with Crippen molar-refractivity contribution >= 4 is 28.3 Å². The lowest BCUT2D eigenvalue weighted by Crippen LogP contribution is -1.92. The van der Waals surface area contributed by atoms with Gasteiger partial charge in [-0.3, -0.25) is 0 Å². The molecule has 0 amide bonds. The van der Waals surface area contributed by atoms with Crippen molar-refractivity contribution < 1.29 is 0 Å². The third-order valence-electron chi connectivity index (χ3n) is 2.37. The molecule has 0 bridgehead atoms. The van der Waals surface area contributed by atoms with Crippen LogP contribution in [0.1, 0.15) is 16.8 Å². The van der Waals surface area contributed by atoms with Gasteiger partial charge >= 0.3 is 0 Å². The summed E-state index contributed by atoms with van der Waals surface area (Å²) in [6, 6.07) is 21.4. The van der Waals surface area contributed by atoms with Gasteiger partial charge in [-0.25, -0.2) is 0 Å². The number of halogens is 1. The van der Waals surface area contributed by atoms with E-state index in [1.54, 1.807) is 0 Å². The van der Waals surface area contributed by atoms with E-state index in [0.717, 1.165) is 6.22 Å². The minimum atomic E-state index is 0.549. The second-order valence-electron chi connectivity index (χ2n) is 3.36. The highest BCUT2D eigenvalue weighted by Crippen LogP contribution is 2.45. The van der Waals surface area contributed by atoms with Gasteiger partial charge in [-0.05, 0) is 17.4 Å². The van der Waals surface area contributed by atoms with Gasteiger partial charge in [-0.1, -0.05) is 82.7 Å². The summed E-state index contributed by atoms with van der Waals surface area (Å²) in [6.07, 6.45) is 0.874. The molecule has 0 aliphatic heterocycles. The van der Waals surface area contributed by atoms with Crippen LogP contribution in [0, 0.1) is 0 Å². The van der Waals surface area contributed by atoms with Crippen LogP contribution in [-0.2, 0) is 0 Å². The zero-order chi connectivity index (χ0) is 10.5. The number of hydrogen-bond acceptors (Lipinski definition) is 0.